The minimum Gasteiger partial charge on any atom is -0.425 e. The lowest BCUT2D eigenvalue weighted by atomic mass is 10.1. The average Bonchev–Trinajstić information content (AvgIpc) is 2.65. The summed E-state index contributed by atoms with van der Waals surface area (Å²) in [7, 11) is 0. The van der Waals surface area contributed by atoms with Crippen molar-refractivity contribution in [2.24, 2.45) is 0 Å². The number of benzene rings is 1. The molecule has 0 fully saturated rings. The maximum atomic E-state index is 12.7. The van der Waals surface area contributed by atoms with Crippen LogP contribution in [0.15, 0.2) is 18.2 Å². The smallest absolute Gasteiger partial charge is 0.416 e. The van der Waals surface area contributed by atoms with Gasteiger partial charge in [-0.1, -0.05) is 15.9 Å². The molecule has 0 unspecified atom stereocenters. The maximum absolute atomic E-state index is 12.7. The molecule has 2 nitrogen and oxygen atoms in total. The number of hydrogen-bond acceptors (Lipinski definition) is 3. The number of carbonyl (C=O) groups is 1. The number of halogens is 4. The molecule has 1 aromatic carbocycles. The zero-order chi connectivity index (χ0) is 14.2. The van der Waals surface area contributed by atoms with Gasteiger partial charge in [-0.05, 0) is 18.2 Å². The molecule has 1 aromatic heterocycles. The van der Waals surface area contributed by atoms with Gasteiger partial charge >= 0.3 is 12.1 Å². The molecule has 7 heteroatoms. The summed E-state index contributed by atoms with van der Waals surface area (Å²) in [5, 5.41) is 0.723. The highest BCUT2D eigenvalue weighted by atomic mass is 79.9. The van der Waals surface area contributed by atoms with E-state index in [0.717, 1.165) is 12.1 Å². The van der Waals surface area contributed by atoms with Crippen molar-refractivity contribution in [1.82, 2.24) is 0 Å². The van der Waals surface area contributed by atoms with Crippen LogP contribution in [0.4, 0.5) is 13.2 Å². The highest BCUT2D eigenvalue weighted by Gasteiger charge is 2.31. The molecule has 102 valence electrons. The van der Waals surface area contributed by atoms with Crippen molar-refractivity contribution in [2.45, 2.75) is 18.4 Å². The van der Waals surface area contributed by atoms with Gasteiger partial charge in [-0.25, -0.2) is 0 Å². The predicted octanol–water partition coefficient (Wildman–Crippen LogP) is 4.74. The van der Waals surface area contributed by atoms with E-state index in [1.54, 1.807) is 0 Å². The van der Waals surface area contributed by atoms with Crippen molar-refractivity contribution in [2.75, 3.05) is 0 Å². The Balaban J connectivity index is 2.65. The third-order valence-corrected chi connectivity index (χ3v) is 4.49. The van der Waals surface area contributed by atoms with Gasteiger partial charge in [-0.2, -0.15) is 13.2 Å². The van der Waals surface area contributed by atoms with Crippen LogP contribution in [0, 0.1) is 0 Å². The summed E-state index contributed by atoms with van der Waals surface area (Å²) >= 11 is 4.53. The van der Waals surface area contributed by atoms with Crippen LogP contribution in [0.2, 0.25) is 0 Å². The van der Waals surface area contributed by atoms with E-state index in [1.165, 1.54) is 24.3 Å². The monoisotopic (exact) mass is 352 g/mol. The topological polar surface area (TPSA) is 26.3 Å². The van der Waals surface area contributed by atoms with Gasteiger partial charge < -0.3 is 4.74 Å². The number of fused-ring (bicyclic) bond motifs is 1. The first-order chi connectivity index (χ1) is 8.82. The normalized spacial score (nSPS) is 11.8. The first-order valence-corrected chi connectivity index (χ1v) is 7.13. The molecule has 0 bridgehead atoms. The van der Waals surface area contributed by atoms with Crippen LogP contribution < -0.4 is 4.74 Å². The minimum absolute atomic E-state index is 0.204. The average molecular weight is 353 g/mol. The fraction of sp³-hybridized carbons (Fsp3) is 0.250. The number of thiophene rings is 1. The lowest BCUT2D eigenvalue weighted by Gasteiger charge is -2.07. The summed E-state index contributed by atoms with van der Waals surface area (Å²) in [5.41, 5.74) is -0.757. The molecule has 0 spiro atoms. The van der Waals surface area contributed by atoms with Crippen molar-refractivity contribution in [3.63, 3.8) is 0 Å². The second-order valence-corrected chi connectivity index (χ2v) is 5.49. The first kappa shape index (κ1) is 14.3. The summed E-state index contributed by atoms with van der Waals surface area (Å²) in [6, 6.07) is 3.42. The van der Waals surface area contributed by atoms with Gasteiger partial charge in [0.2, 0.25) is 0 Å². The second-order valence-electron chi connectivity index (χ2n) is 3.79. The van der Waals surface area contributed by atoms with Crippen molar-refractivity contribution < 1.29 is 22.7 Å². The maximum Gasteiger partial charge on any atom is 0.416 e. The number of rotatable bonds is 2. The van der Waals surface area contributed by atoms with E-state index in [-0.39, 0.29) is 5.75 Å². The standard InChI is InChI=1S/C12H8BrF3O2S/c1-6(17)18-11-8-4-7(12(14,15)16)2-3-9(8)19-10(11)5-13/h2-4H,5H2,1H3. The third kappa shape index (κ3) is 2.92. The van der Waals surface area contributed by atoms with Gasteiger partial charge in [-0.3, -0.25) is 4.79 Å². The van der Waals surface area contributed by atoms with Crippen LogP contribution >= 0.6 is 27.3 Å². The van der Waals surface area contributed by atoms with E-state index in [4.69, 9.17) is 4.74 Å². The van der Waals surface area contributed by atoms with Gasteiger partial charge in [0.15, 0.2) is 5.75 Å². The molecule has 0 saturated carbocycles. The molecule has 0 aliphatic rings. The SMILES string of the molecule is CC(=O)Oc1c(CBr)sc2ccc(C(F)(F)F)cc12. The molecule has 2 aromatic rings. The summed E-state index contributed by atoms with van der Waals surface area (Å²) < 4.78 is 43.7. The van der Waals surface area contributed by atoms with Gasteiger partial charge in [-0.15, -0.1) is 11.3 Å². The number of alkyl halides is 4. The van der Waals surface area contributed by atoms with E-state index < -0.39 is 17.7 Å². The Morgan fingerprint density at radius 3 is 2.63 bits per heavy atom. The van der Waals surface area contributed by atoms with Crippen molar-refractivity contribution in [1.29, 1.82) is 0 Å². The van der Waals surface area contributed by atoms with Crippen LogP contribution in [0.1, 0.15) is 17.4 Å². The predicted molar refractivity (Wildman–Crippen MR) is 70.8 cm³/mol. The zero-order valence-corrected chi connectivity index (χ0v) is 12.1. The Morgan fingerprint density at radius 2 is 2.11 bits per heavy atom. The van der Waals surface area contributed by atoms with E-state index >= 15 is 0 Å². The van der Waals surface area contributed by atoms with Gasteiger partial charge in [0.25, 0.3) is 0 Å². The number of ether oxygens (including phenoxy) is 1. The molecular formula is C12H8BrF3O2S. The number of carbonyl (C=O) groups excluding carboxylic acids is 1. The Hall–Kier alpha value is -1.08. The summed E-state index contributed by atoms with van der Waals surface area (Å²) in [4.78, 5) is 11.7. The van der Waals surface area contributed by atoms with E-state index in [1.807, 2.05) is 0 Å². The second kappa shape index (κ2) is 5.13. The van der Waals surface area contributed by atoms with Gasteiger partial charge in [0, 0.05) is 22.3 Å². The molecule has 0 atom stereocenters. The lowest BCUT2D eigenvalue weighted by molar-refractivity contribution is -0.137. The third-order valence-electron chi connectivity index (χ3n) is 2.41. The number of hydrogen-bond donors (Lipinski definition) is 0. The van der Waals surface area contributed by atoms with Gasteiger partial charge in [0.1, 0.15) is 0 Å². The highest BCUT2D eigenvalue weighted by Crippen LogP contribution is 2.42. The van der Waals surface area contributed by atoms with Gasteiger partial charge in [0.05, 0.1) is 10.4 Å². The quantitative estimate of drug-likeness (QED) is 0.576. The van der Waals surface area contributed by atoms with Crippen LogP contribution in [-0.4, -0.2) is 5.97 Å². The molecule has 2 rings (SSSR count). The van der Waals surface area contributed by atoms with E-state index in [0.29, 0.717) is 20.3 Å². The van der Waals surface area contributed by atoms with Crippen LogP contribution in [0.3, 0.4) is 0 Å². The molecule has 0 aliphatic carbocycles. The molecule has 1 heterocycles. The molecule has 0 N–H and O–H groups in total. The summed E-state index contributed by atoms with van der Waals surface area (Å²) in [5.74, 6) is -0.352. The Morgan fingerprint density at radius 1 is 1.42 bits per heavy atom. The fourth-order valence-corrected chi connectivity index (χ4v) is 3.21. The molecule has 0 amide bonds. The Bertz CT molecular complexity index is 634. The Labute approximate surface area is 119 Å². The highest BCUT2D eigenvalue weighted by molar-refractivity contribution is 9.08. The first-order valence-electron chi connectivity index (χ1n) is 5.20. The summed E-state index contributed by atoms with van der Waals surface area (Å²) in [6.45, 7) is 1.22. The molecule has 0 saturated heterocycles. The Kier molecular flexibility index (Phi) is 3.87. The molecule has 0 aliphatic heterocycles. The van der Waals surface area contributed by atoms with Crippen molar-refractivity contribution in [3.8, 4) is 5.75 Å². The zero-order valence-electron chi connectivity index (χ0n) is 9.68. The van der Waals surface area contributed by atoms with Crippen LogP contribution in [0.25, 0.3) is 10.1 Å². The van der Waals surface area contributed by atoms with Crippen LogP contribution in [0.5, 0.6) is 5.75 Å². The summed E-state index contributed by atoms with van der Waals surface area (Å²) in [6.07, 6.45) is -4.42. The van der Waals surface area contributed by atoms with Crippen molar-refractivity contribution in [3.05, 3.63) is 28.6 Å². The van der Waals surface area contributed by atoms with E-state index in [9.17, 15) is 18.0 Å². The van der Waals surface area contributed by atoms with E-state index in [2.05, 4.69) is 15.9 Å². The molecule has 0 radical (unpaired) electrons. The van der Waals surface area contributed by atoms with Crippen LogP contribution in [-0.2, 0) is 16.3 Å². The lowest BCUT2D eigenvalue weighted by Crippen LogP contribution is -2.05. The molecular weight excluding hydrogens is 345 g/mol. The van der Waals surface area contributed by atoms with Crippen molar-refractivity contribution >= 4 is 43.3 Å². The largest absolute Gasteiger partial charge is 0.425 e. The fourth-order valence-electron chi connectivity index (χ4n) is 1.65. The number of esters is 1. The minimum atomic E-state index is -4.42. The molecule has 19 heavy (non-hydrogen) atoms.